The zero-order valence-corrected chi connectivity index (χ0v) is 20.0. The number of rotatable bonds is 7. The number of Topliss-reactive ketones (excluding diaryl/α,β-unsaturated/α-hetero) is 1. The van der Waals surface area contributed by atoms with E-state index in [9.17, 15) is 9.59 Å². The van der Waals surface area contributed by atoms with Crippen LogP contribution in [0.1, 0.15) is 21.6 Å². The lowest BCUT2D eigenvalue weighted by atomic mass is 10.1. The van der Waals surface area contributed by atoms with Crippen LogP contribution in [0.3, 0.4) is 0 Å². The largest absolute Gasteiger partial charge is 0.497 e. The van der Waals surface area contributed by atoms with Gasteiger partial charge in [0.05, 0.1) is 18.3 Å². The first kappa shape index (κ1) is 23.0. The average molecular weight is 482 g/mol. The summed E-state index contributed by atoms with van der Waals surface area (Å²) in [6.45, 7) is 1.76. The molecular weight excluding hydrogens is 458 g/mol. The lowest BCUT2D eigenvalue weighted by molar-refractivity contribution is 0.0991. The Labute approximate surface area is 206 Å². The van der Waals surface area contributed by atoms with Crippen LogP contribution >= 0.6 is 0 Å². The van der Waals surface area contributed by atoms with E-state index in [0.717, 1.165) is 5.39 Å². The lowest BCUT2D eigenvalue weighted by Gasteiger charge is -2.08. The van der Waals surface area contributed by atoms with E-state index in [1.54, 1.807) is 38.0 Å². The molecule has 36 heavy (non-hydrogen) atoms. The number of hydrogen-bond donors (Lipinski definition) is 0. The molecule has 0 bridgehead atoms. The number of pyridine rings is 1. The summed E-state index contributed by atoms with van der Waals surface area (Å²) in [6, 6.07) is 16.6. The third-order valence-electron chi connectivity index (χ3n) is 5.99. The number of nitrogens with zero attached hydrogens (tertiary/aromatic N) is 5. The maximum absolute atomic E-state index is 13.1. The van der Waals surface area contributed by atoms with E-state index < -0.39 is 0 Å². The van der Waals surface area contributed by atoms with Crippen LogP contribution in [0.25, 0.3) is 16.6 Å². The number of fused-ring (bicyclic) bond motifs is 1. The van der Waals surface area contributed by atoms with Gasteiger partial charge in [-0.3, -0.25) is 19.3 Å². The number of carbonyl (C=O) groups is 1. The fourth-order valence-corrected chi connectivity index (χ4v) is 4.07. The first-order valence-electron chi connectivity index (χ1n) is 11.2. The first-order chi connectivity index (χ1) is 17.5. The van der Waals surface area contributed by atoms with Crippen molar-refractivity contribution in [3.8, 4) is 23.2 Å². The molecule has 0 atom stereocenters. The predicted molar refractivity (Wildman–Crippen MR) is 134 cm³/mol. The monoisotopic (exact) mass is 481 g/mol. The molecule has 0 N–H and O–H groups in total. The fraction of sp³-hybridized carbons (Fsp3) is 0.148. The van der Waals surface area contributed by atoms with Gasteiger partial charge in [-0.15, -0.1) is 0 Å². The van der Waals surface area contributed by atoms with Gasteiger partial charge < -0.3 is 9.47 Å². The molecule has 0 radical (unpaired) electrons. The molecule has 0 fully saturated rings. The third kappa shape index (κ3) is 4.22. The molecular formula is C27H23N5O4. The van der Waals surface area contributed by atoms with E-state index in [-0.39, 0.29) is 29.3 Å². The van der Waals surface area contributed by atoms with Crippen molar-refractivity contribution >= 4 is 16.7 Å². The molecule has 5 rings (SSSR count). The minimum absolute atomic E-state index is 0.00680. The number of aromatic nitrogens is 5. The highest BCUT2D eigenvalue weighted by Gasteiger charge is 2.22. The van der Waals surface area contributed by atoms with Gasteiger partial charge in [-0.2, -0.15) is 0 Å². The maximum atomic E-state index is 13.1. The van der Waals surface area contributed by atoms with E-state index in [2.05, 4.69) is 15.0 Å². The van der Waals surface area contributed by atoms with Crippen molar-refractivity contribution in [2.75, 3.05) is 7.11 Å². The Morgan fingerprint density at radius 3 is 2.47 bits per heavy atom. The van der Waals surface area contributed by atoms with Crippen LogP contribution < -0.4 is 15.0 Å². The maximum Gasteiger partial charge on any atom is 0.321 e. The van der Waals surface area contributed by atoms with Crippen molar-refractivity contribution in [2.45, 2.75) is 13.3 Å². The van der Waals surface area contributed by atoms with Crippen LogP contribution in [0.4, 0.5) is 0 Å². The van der Waals surface area contributed by atoms with Gasteiger partial charge in [-0.25, -0.2) is 14.6 Å². The molecule has 0 aliphatic rings. The van der Waals surface area contributed by atoms with Gasteiger partial charge >= 0.3 is 6.01 Å². The molecule has 0 unspecified atom stereocenters. The quantitative estimate of drug-likeness (QED) is 0.323. The Hall–Kier alpha value is -4.79. The van der Waals surface area contributed by atoms with E-state index >= 15 is 0 Å². The molecule has 9 heteroatoms. The zero-order chi connectivity index (χ0) is 25.2. The van der Waals surface area contributed by atoms with Gasteiger partial charge in [-0.05, 0) is 42.8 Å². The summed E-state index contributed by atoms with van der Waals surface area (Å²) < 4.78 is 14.3. The molecule has 0 aliphatic heterocycles. The van der Waals surface area contributed by atoms with Crippen molar-refractivity contribution in [1.29, 1.82) is 0 Å². The van der Waals surface area contributed by atoms with Crippen molar-refractivity contribution in [2.24, 2.45) is 7.05 Å². The number of hydrogen-bond acceptors (Lipinski definition) is 7. The van der Waals surface area contributed by atoms with Crippen LogP contribution in [0.15, 0.2) is 78.0 Å². The molecule has 0 aliphatic carbocycles. The van der Waals surface area contributed by atoms with Gasteiger partial charge in [0.25, 0.3) is 5.56 Å². The highest BCUT2D eigenvalue weighted by atomic mass is 16.5. The topological polar surface area (TPSA) is 101 Å². The number of benzene rings is 2. The van der Waals surface area contributed by atoms with Gasteiger partial charge in [0.15, 0.2) is 5.78 Å². The number of ketones is 1. The smallest absolute Gasteiger partial charge is 0.321 e. The van der Waals surface area contributed by atoms with Crippen molar-refractivity contribution in [3.63, 3.8) is 0 Å². The first-order valence-corrected chi connectivity index (χ1v) is 11.2. The normalized spacial score (nSPS) is 11.0. The standard InChI is InChI=1S/C27H23N5O4/c1-17-25(26(34)32(31(17)2)19-7-5-4-6-8-19)23(33)13-18-15-29-27(30-16-18)36-24-11-12-28-22-14-20(35-3)9-10-21(22)24/h4-12,14-16H,13H2,1-3H3. The molecule has 2 aromatic carbocycles. The summed E-state index contributed by atoms with van der Waals surface area (Å²) in [4.78, 5) is 39.1. The van der Waals surface area contributed by atoms with Crippen LogP contribution in [0.5, 0.6) is 17.5 Å². The number of carbonyl (C=O) groups excluding carboxylic acids is 1. The molecule has 5 aromatic rings. The average Bonchev–Trinajstić information content (AvgIpc) is 3.13. The molecule has 3 heterocycles. The van der Waals surface area contributed by atoms with Gasteiger partial charge in [0, 0.05) is 49.2 Å². The summed E-state index contributed by atoms with van der Waals surface area (Å²) in [5.41, 5.74) is 2.38. The molecule has 0 saturated heterocycles. The number of ether oxygens (including phenoxy) is 2. The molecule has 3 aromatic heterocycles. The van der Waals surface area contributed by atoms with Crippen LogP contribution in [-0.4, -0.2) is 37.2 Å². The zero-order valence-electron chi connectivity index (χ0n) is 20.0. The third-order valence-corrected chi connectivity index (χ3v) is 5.99. The highest BCUT2D eigenvalue weighted by Crippen LogP contribution is 2.29. The second-order valence-electron chi connectivity index (χ2n) is 8.20. The minimum atomic E-state index is -0.353. The van der Waals surface area contributed by atoms with Gasteiger partial charge in [-0.1, -0.05) is 18.2 Å². The highest BCUT2D eigenvalue weighted by molar-refractivity contribution is 5.98. The molecule has 9 nitrogen and oxygen atoms in total. The molecule has 0 amide bonds. The number of methoxy groups -OCH3 is 1. The van der Waals surface area contributed by atoms with Crippen molar-refractivity contribution in [1.82, 2.24) is 24.3 Å². The summed E-state index contributed by atoms with van der Waals surface area (Å²) >= 11 is 0. The SMILES string of the molecule is COc1ccc2c(Oc3ncc(CC(=O)c4c(C)n(C)n(-c5ccccc5)c4=O)cn3)ccnc2c1. The second kappa shape index (κ2) is 9.46. The Kier molecular flexibility index (Phi) is 6.03. The minimum Gasteiger partial charge on any atom is -0.497 e. The summed E-state index contributed by atoms with van der Waals surface area (Å²) in [7, 11) is 3.36. The Morgan fingerprint density at radius 2 is 1.75 bits per heavy atom. The summed E-state index contributed by atoms with van der Waals surface area (Å²) in [5, 5.41) is 0.787. The number of para-hydroxylation sites is 1. The molecule has 0 spiro atoms. The van der Waals surface area contributed by atoms with Crippen LogP contribution in [0.2, 0.25) is 0 Å². The Balaban J connectivity index is 1.36. The summed E-state index contributed by atoms with van der Waals surface area (Å²) in [6.07, 6.45) is 4.68. The van der Waals surface area contributed by atoms with E-state index in [1.165, 1.54) is 17.1 Å². The van der Waals surface area contributed by atoms with Crippen LogP contribution in [-0.2, 0) is 13.5 Å². The van der Waals surface area contributed by atoms with Crippen LogP contribution in [0, 0.1) is 6.92 Å². The fourth-order valence-electron chi connectivity index (χ4n) is 4.07. The Bertz CT molecular complexity index is 1620. The molecule has 0 saturated carbocycles. The van der Waals surface area contributed by atoms with E-state index in [1.807, 2.05) is 48.5 Å². The predicted octanol–water partition coefficient (Wildman–Crippen LogP) is 4.05. The van der Waals surface area contributed by atoms with E-state index in [4.69, 9.17) is 9.47 Å². The van der Waals surface area contributed by atoms with Gasteiger partial charge in [0.1, 0.15) is 17.1 Å². The lowest BCUT2D eigenvalue weighted by Crippen LogP contribution is -2.23. The van der Waals surface area contributed by atoms with E-state index in [0.29, 0.717) is 34.0 Å². The van der Waals surface area contributed by atoms with Crippen molar-refractivity contribution < 1.29 is 14.3 Å². The molecule has 180 valence electrons. The second-order valence-corrected chi connectivity index (χ2v) is 8.20. The van der Waals surface area contributed by atoms with Crippen molar-refractivity contribution in [3.05, 3.63) is 100 Å². The summed E-state index contributed by atoms with van der Waals surface area (Å²) in [5.74, 6) is 0.948. The van der Waals surface area contributed by atoms with Gasteiger partial charge in [0.2, 0.25) is 0 Å². The Morgan fingerprint density at radius 1 is 1.00 bits per heavy atom.